The monoisotopic (exact) mass is 244 g/mol. The zero-order valence-corrected chi connectivity index (χ0v) is 9.96. The Morgan fingerprint density at radius 2 is 1.81 bits per heavy atom. The molecule has 0 saturated heterocycles. The Morgan fingerprint density at radius 3 is 2.25 bits per heavy atom. The molecule has 0 aliphatic heterocycles. The van der Waals surface area contributed by atoms with Gasteiger partial charge in [-0.1, -0.05) is 0 Å². The number of carbonyl (C=O) groups is 1. The summed E-state index contributed by atoms with van der Waals surface area (Å²) in [5.74, 6) is 0.529. The van der Waals surface area contributed by atoms with E-state index in [2.05, 4.69) is 0 Å². The molecule has 0 aliphatic rings. The van der Waals surface area contributed by atoms with Gasteiger partial charge in [0.25, 0.3) is 9.84 Å². The molecule has 0 aromatic heterocycles. The summed E-state index contributed by atoms with van der Waals surface area (Å²) in [6, 6.07) is 2.81. The first-order chi connectivity index (χ1) is 7.30. The van der Waals surface area contributed by atoms with Crippen molar-refractivity contribution in [2.45, 2.75) is 18.7 Å². The van der Waals surface area contributed by atoms with Crippen LogP contribution in [0.25, 0.3) is 0 Å². The summed E-state index contributed by atoms with van der Waals surface area (Å²) < 4.78 is 27.9. The minimum atomic E-state index is -4.29. The van der Waals surface area contributed by atoms with E-state index in [0.717, 1.165) is 0 Å². The SMILES string of the molecule is COc1cc(C)c(S(=O)(=O)C(=O)O)cc1C. The number of methoxy groups -OCH3 is 1. The Balaban J connectivity index is 3.49. The van der Waals surface area contributed by atoms with E-state index in [4.69, 9.17) is 9.84 Å². The van der Waals surface area contributed by atoms with Crippen molar-refractivity contribution < 1.29 is 23.1 Å². The summed E-state index contributed by atoms with van der Waals surface area (Å²) in [6.07, 6.45) is 0. The fourth-order valence-electron chi connectivity index (χ4n) is 1.37. The molecule has 1 aromatic rings. The van der Waals surface area contributed by atoms with E-state index in [9.17, 15) is 13.2 Å². The number of carboxylic acid groups (broad SMARTS) is 1. The molecule has 1 N–H and O–H groups in total. The molecular weight excluding hydrogens is 232 g/mol. The minimum absolute atomic E-state index is 0.196. The average molecular weight is 244 g/mol. The molecule has 1 aromatic carbocycles. The number of hydrogen-bond donors (Lipinski definition) is 1. The van der Waals surface area contributed by atoms with Crippen molar-refractivity contribution in [1.82, 2.24) is 0 Å². The van der Waals surface area contributed by atoms with Crippen LogP contribution >= 0.6 is 0 Å². The summed E-state index contributed by atoms with van der Waals surface area (Å²) >= 11 is 0. The molecule has 88 valence electrons. The Kier molecular flexibility index (Phi) is 3.23. The molecule has 0 spiro atoms. The highest BCUT2D eigenvalue weighted by molar-refractivity contribution is 8.05. The summed E-state index contributed by atoms with van der Waals surface area (Å²) in [4.78, 5) is 10.4. The molecule has 6 heteroatoms. The van der Waals surface area contributed by atoms with E-state index in [1.165, 1.54) is 26.2 Å². The van der Waals surface area contributed by atoms with Crippen molar-refractivity contribution in [3.63, 3.8) is 0 Å². The van der Waals surface area contributed by atoms with E-state index >= 15 is 0 Å². The van der Waals surface area contributed by atoms with Crippen LogP contribution in [0.4, 0.5) is 4.79 Å². The highest BCUT2D eigenvalue weighted by atomic mass is 32.2. The van der Waals surface area contributed by atoms with Crippen molar-refractivity contribution >= 4 is 15.1 Å². The van der Waals surface area contributed by atoms with Gasteiger partial charge in [-0.2, -0.15) is 0 Å². The van der Waals surface area contributed by atoms with Crippen molar-refractivity contribution in [3.8, 4) is 5.75 Å². The molecule has 1 rings (SSSR count). The lowest BCUT2D eigenvalue weighted by Crippen LogP contribution is -2.13. The van der Waals surface area contributed by atoms with Gasteiger partial charge in [0, 0.05) is 0 Å². The van der Waals surface area contributed by atoms with E-state index < -0.39 is 15.1 Å². The number of ether oxygens (including phenoxy) is 1. The lowest BCUT2D eigenvalue weighted by molar-refractivity contribution is 0.219. The number of rotatable bonds is 2. The predicted molar refractivity (Wildman–Crippen MR) is 57.7 cm³/mol. The Labute approximate surface area is 93.6 Å². The smallest absolute Gasteiger partial charge is 0.427 e. The minimum Gasteiger partial charge on any atom is -0.496 e. The summed E-state index contributed by atoms with van der Waals surface area (Å²) in [5, 5.41) is 6.77. The maximum absolute atomic E-state index is 11.5. The quantitative estimate of drug-likeness (QED) is 0.857. The van der Waals surface area contributed by atoms with Gasteiger partial charge in [-0.25, -0.2) is 13.2 Å². The van der Waals surface area contributed by atoms with Crippen molar-refractivity contribution in [2.24, 2.45) is 0 Å². The third-order valence-corrected chi connectivity index (χ3v) is 3.69. The molecule has 5 nitrogen and oxygen atoms in total. The Bertz CT molecular complexity index is 530. The normalized spacial score (nSPS) is 11.2. The van der Waals surface area contributed by atoms with Crippen LogP contribution in [0.5, 0.6) is 5.75 Å². The second kappa shape index (κ2) is 4.13. The second-order valence-corrected chi connectivity index (χ2v) is 5.15. The zero-order valence-electron chi connectivity index (χ0n) is 9.14. The molecule has 0 fully saturated rings. The first-order valence-corrected chi connectivity index (χ1v) is 5.92. The molecule has 0 aliphatic carbocycles. The van der Waals surface area contributed by atoms with Gasteiger partial charge in [0.2, 0.25) is 0 Å². The largest absolute Gasteiger partial charge is 0.496 e. The summed E-state index contributed by atoms with van der Waals surface area (Å²) in [6.45, 7) is 3.18. The third-order valence-electron chi connectivity index (χ3n) is 2.21. The zero-order chi connectivity index (χ0) is 12.5. The molecule has 0 saturated carbocycles. The van der Waals surface area contributed by atoms with Crippen LogP contribution in [0.3, 0.4) is 0 Å². The van der Waals surface area contributed by atoms with Gasteiger partial charge < -0.3 is 9.84 Å². The topological polar surface area (TPSA) is 80.7 Å². The van der Waals surface area contributed by atoms with Crippen LogP contribution < -0.4 is 4.74 Å². The molecule has 0 radical (unpaired) electrons. The van der Waals surface area contributed by atoms with Gasteiger partial charge in [0.05, 0.1) is 12.0 Å². The van der Waals surface area contributed by atoms with Crippen molar-refractivity contribution in [1.29, 1.82) is 0 Å². The van der Waals surface area contributed by atoms with E-state index in [0.29, 0.717) is 16.9 Å². The second-order valence-electron chi connectivity index (χ2n) is 3.36. The fraction of sp³-hybridized carbons (Fsp3) is 0.300. The maximum atomic E-state index is 11.5. The summed E-state index contributed by atoms with van der Waals surface area (Å²) in [7, 11) is -2.83. The summed E-state index contributed by atoms with van der Waals surface area (Å²) in [5.41, 5.74) is 0.928. The lowest BCUT2D eigenvalue weighted by atomic mass is 10.1. The van der Waals surface area contributed by atoms with E-state index in [1.54, 1.807) is 6.92 Å². The number of hydrogen-bond acceptors (Lipinski definition) is 4. The molecule has 0 amide bonds. The highest BCUT2D eigenvalue weighted by Gasteiger charge is 2.26. The first-order valence-electron chi connectivity index (χ1n) is 4.44. The van der Waals surface area contributed by atoms with Crippen molar-refractivity contribution in [3.05, 3.63) is 23.3 Å². The van der Waals surface area contributed by atoms with Gasteiger partial charge in [-0.3, -0.25) is 0 Å². The molecule has 0 atom stereocenters. The Morgan fingerprint density at radius 1 is 1.25 bits per heavy atom. The first kappa shape index (κ1) is 12.5. The van der Waals surface area contributed by atoms with Crippen LogP contribution in [0.2, 0.25) is 0 Å². The third kappa shape index (κ3) is 2.01. The fourth-order valence-corrected chi connectivity index (χ4v) is 2.37. The van der Waals surface area contributed by atoms with Crippen molar-refractivity contribution in [2.75, 3.05) is 7.11 Å². The maximum Gasteiger partial charge on any atom is 0.427 e. The van der Waals surface area contributed by atoms with E-state index in [1.807, 2.05) is 0 Å². The molecular formula is C10H12O5S. The van der Waals surface area contributed by atoms with Crippen LogP contribution in [0.1, 0.15) is 11.1 Å². The molecule has 16 heavy (non-hydrogen) atoms. The molecule has 0 bridgehead atoms. The van der Waals surface area contributed by atoms with Crippen LogP contribution in [0.15, 0.2) is 17.0 Å². The number of aryl methyl sites for hydroxylation is 2. The van der Waals surface area contributed by atoms with Crippen LogP contribution in [-0.4, -0.2) is 25.9 Å². The number of sulfone groups is 1. The highest BCUT2D eigenvalue weighted by Crippen LogP contribution is 2.26. The van der Waals surface area contributed by atoms with Gasteiger partial charge in [0.1, 0.15) is 5.75 Å². The van der Waals surface area contributed by atoms with Gasteiger partial charge in [-0.15, -0.1) is 0 Å². The molecule has 0 unspecified atom stereocenters. The van der Waals surface area contributed by atoms with E-state index in [-0.39, 0.29) is 4.90 Å². The number of benzene rings is 1. The lowest BCUT2D eigenvalue weighted by Gasteiger charge is -2.09. The van der Waals surface area contributed by atoms with Gasteiger partial charge in [-0.05, 0) is 37.1 Å². The predicted octanol–water partition coefficient (Wildman–Crippen LogP) is 1.76. The average Bonchev–Trinajstić information content (AvgIpc) is 2.20. The molecule has 0 heterocycles. The Hall–Kier alpha value is -1.56. The van der Waals surface area contributed by atoms with Crippen LogP contribution in [0, 0.1) is 13.8 Å². The van der Waals surface area contributed by atoms with Gasteiger partial charge >= 0.3 is 5.30 Å². The standard InChI is InChI=1S/C10H12O5S/c1-6-5-9(16(13,14)10(11)12)7(2)4-8(6)15-3/h4-5H,1-3H3,(H,11,12). The van der Waals surface area contributed by atoms with Crippen LogP contribution in [-0.2, 0) is 9.84 Å². The van der Waals surface area contributed by atoms with Gasteiger partial charge in [0.15, 0.2) is 0 Å².